The van der Waals surface area contributed by atoms with Crippen LogP contribution < -0.4 is 15.1 Å². The van der Waals surface area contributed by atoms with Gasteiger partial charge in [0, 0.05) is 23.8 Å². The van der Waals surface area contributed by atoms with Crippen LogP contribution in [0.25, 0.3) is 11.3 Å². The Balaban J connectivity index is 2.05. The molecule has 2 N–H and O–H groups in total. The maximum absolute atomic E-state index is 13.1. The van der Waals surface area contributed by atoms with Crippen LogP contribution in [0.1, 0.15) is 18.7 Å². The fourth-order valence-electron chi connectivity index (χ4n) is 3.66. The number of rotatable bonds is 5. The average molecular weight is 452 g/mol. The van der Waals surface area contributed by atoms with Crippen LogP contribution >= 0.6 is 11.8 Å². The zero-order valence-corrected chi connectivity index (χ0v) is 17.7. The largest absolute Gasteiger partial charge is 0.502 e. The number of nitro groups is 1. The first-order valence-corrected chi connectivity index (χ1v) is 10.5. The molecule has 0 spiro atoms. The number of H-pyrrole nitrogens is 1. The summed E-state index contributed by atoms with van der Waals surface area (Å²) in [5, 5.41) is 26.2. The summed E-state index contributed by atoms with van der Waals surface area (Å²) < 4.78 is 1.39. The Labute approximate surface area is 186 Å². The number of para-hydroxylation sites is 1. The molecule has 0 radical (unpaired) electrons. The Morgan fingerprint density at radius 1 is 1.41 bits per heavy atom. The number of fused-ring (bicyclic) bond motifs is 3. The van der Waals surface area contributed by atoms with Gasteiger partial charge in [-0.1, -0.05) is 30.0 Å². The van der Waals surface area contributed by atoms with Gasteiger partial charge in [-0.15, -0.1) is 6.58 Å². The molecule has 1 unspecified atom stereocenters. The molecule has 4 rings (SSSR count). The Bertz CT molecular complexity index is 1320. The molecule has 0 bridgehead atoms. The van der Waals surface area contributed by atoms with E-state index in [0.29, 0.717) is 27.7 Å². The molecule has 1 amide bonds. The minimum Gasteiger partial charge on any atom is -0.502 e. The number of nitrogens with one attached hydrogen (secondary N) is 1. The maximum Gasteiger partial charge on any atom is 0.325 e. The highest BCUT2D eigenvalue weighted by Crippen LogP contribution is 2.39. The number of thioether (sulfide) groups is 1. The van der Waals surface area contributed by atoms with Crippen LogP contribution in [-0.4, -0.2) is 31.8 Å². The molecule has 11 heteroatoms. The van der Waals surface area contributed by atoms with E-state index < -0.39 is 28.1 Å². The maximum atomic E-state index is 13.1. The normalized spacial score (nSPS) is 14.4. The number of phenols is 1. The number of aromatic nitrogens is 3. The zero-order valence-electron chi connectivity index (χ0n) is 16.9. The lowest BCUT2D eigenvalue weighted by molar-refractivity contribution is -0.763. The number of benzene rings is 2. The van der Waals surface area contributed by atoms with Crippen LogP contribution in [0, 0.1) is 10.1 Å². The van der Waals surface area contributed by atoms with Crippen molar-refractivity contribution in [2.45, 2.75) is 18.2 Å². The lowest BCUT2D eigenvalue weighted by atomic mass is 10.0. The summed E-state index contributed by atoms with van der Waals surface area (Å²) in [6.45, 7) is 5.03. The van der Waals surface area contributed by atoms with Crippen LogP contribution in [0.5, 0.6) is 5.75 Å². The summed E-state index contributed by atoms with van der Waals surface area (Å²) in [6.07, 6.45) is 0.675. The molecule has 2 heterocycles. The van der Waals surface area contributed by atoms with Gasteiger partial charge in [0.25, 0.3) is 6.17 Å². The predicted octanol–water partition coefficient (Wildman–Crippen LogP) is 2.53. The lowest BCUT2D eigenvalue weighted by Crippen LogP contribution is -2.60. The minimum absolute atomic E-state index is 0.210. The smallest absolute Gasteiger partial charge is 0.325 e. The number of aromatic hydroxyl groups is 1. The third-order valence-corrected chi connectivity index (χ3v) is 5.79. The van der Waals surface area contributed by atoms with E-state index in [0.717, 1.165) is 0 Å². The van der Waals surface area contributed by atoms with E-state index in [1.165, 1.54) is 46.5 Å². The summed E-state index contributed by atoms with van der Waals surface area (Å²) in [5.41, 5.74) is 0.560. The summed E-state index contributed by atoms with van der Waals surface area (Å²) in [4.78, 5) is 40.7. The Morgan fingerprint density at radius 2 is 2.16 bits per heavy atom. The highest BCUT2D eigenvalue weighted by atomic mass is 32.2. The van der Waals surface area contributed by atoms with Crippen LogP contribution in [0.3, 0.4) is 0 Å². The number of hydrogen-bond acceptors (Lipinski definition) is 7. The van der Waals surface area contributed by atoms with Gasteiger partial charge >= 0.3 is 16.9 Å². The molecule has 32 heavy (non-hydrogen) atoms. The monoisotopic (exact) mass is 452 g/mol. The van der Waals surface area contributed by atoms with E-state index >= 15 is 0 Å². The molecule has 0 saturated heterocycles. The fraction of sp³-hybridized carbons (Fsp3) is 0.143. The van der Waals surface area contributed by atoms with Crippen LogP contribution in [-0.2, 0) is 4.79 Å². The number of amides is 1. The summed E-state index contributed by atoms with van der Waals surface area (Å²) in [6, 6.07) is 10.7. The van der Waals surface area contributed by atoms with Crippen molar-refractivity contribution in [3.63, 3.8) is 0 Å². The third kappa shape index (κ3) is 3.52. The Morgan fingerprint density at radius 3 is 2.84 bits per heavy atom. The zero-order chi connectivity index (χ0) is 23.0. The van der Waals surface area contributed by atoms with Gasteiger partial charge in [-0.3, -0.25) is 24.7 Å². The van der Waals surface area contributed by atoms with Gasteiger partial charge in [-0.05, 0) is 28.9 Å². The summed E-state index contributed by atoms with van der Waals surface area (Å²) in [5.74, 6) is -0.362. The number of aromatic amines is 1. The van der Waals surface area contributed by atoms with Crippen molar-refractivity contribution >= 4 is 29.0 Å². The van der Waals surface area contributed by atoms with Crippen molar-refractivity contribution in [1.82, 2.24) is 10.1 Å². The number of carbonyl (C=O) groups excluding carboxylic acids is 1. The second-order valence-corrected chi connectivity index (χ2v) is 7.95. The van der Waals surface area contributed by atoms with Crippen LogP contribution in [0.2, 0.25) is 0 Å². The first kappa shape index (κ1) is 21.2. The number of nitro benzene ring substituents is 1. The van der Waals surface area contributed by atoms with Gasteiger partial charge in [-0.2, -0.15) is 0 Å². The van der Waals surface area contributed by atoms with Gasteiger partial charge in [0.05, 0.1) is 21.7 Å². The molecule has 1 aliphatic rings. The molecule has 162 valence electrons. The molecule has 0 saturated carbocycles. The lowest BCUT2D eigenvalue weighted by Gasteiger charge is -2.31. The minimum atomic E-state index is -0.984. The van der Waals surface area contributed by atoms with Gasteiger partial charge in [0.1, 0.15) is 0 Å². The molecule has 1 aromatic heterocycles. The molecule has 10 nitrogen and oxygen atoms in total. The van der Waals surface area contributed by atoms with Crippen LogP contribution in [0.4, 0.5) is 11.4 Å². The molecule has 1 atom stereocenters. The second-order valence-electron chi connectivity index (χ2n) is 6.94. The Kier molecular flexibility index (Phi) is 5.49. The van der Waals surface area contributed by atoms with Gasteiger partial charge in [0.2, 0.25) is 11.1 Å². The number of phenolic OH excluding ortho intramolecular Hbond substituents is 1. The van der Waals surface area contributed by atoms with Crippen molar-refractivity contribution < 1.29 is 19.5 Å². The number of hydrogen-bond donors (Lipinski definition) is 2. The van der Waals surface area contributed by atoms with Gasteiger partial charge in [0.15, 0.2) is 5.75 Å². The number of anilines is 1. The molecule has 1 aliphatic heterocycles. The van der Waals surface area contributed by atoms with E-state index in [2.05, 4.69) is 16.7 Å². The highest BCUT2D eigenvalue weighted by Gasteiger charge is 2.45. The quantitative estimate of drug-likeness (QED) is 0.200. The van der Waals surface area contributed by atoms with Crippen LogP contribution in [0.15, 0.2) is 65.1 Å². The van der Waals surface area contributed by atoms with Crippen molar-refractivity contribution in [2.75, 3.05) is 10.7 Å². The van der Waals surface area contributed by atoms with E-state index in [1.807, 2.05) is 0 Å². The molecule has 0 aliphatic carbocycles. The van der Waals surface area contributed by atoms with E-state index in [-0.39, 0.29) is 11.6 Å². The first-order chi connectivity index (χ1) is 15.3. The molecular formula is C21H18N5O5S+. The fourth-order valence-corrected chi connectivity index (χ4v) is 4.25. The van der Waals surface area contributed by atoms with Gasteiger partial charge in [-0.25, -0.2) is 4.90 Å². The molecular weight excluding hydrogens is 434 g/mol. The second kappa shape index (κ2) is 8.27. The number of nitrogens with zero attached hydrogens (tertiary/aromatic N) is 4. The van der Waals surface area contributed by atoms with Crippen molar-refractivity contribution in [3.8, 4) is 17.0 Å². The Hall–Kier alpha value is -3.99. The van der Waals surface area contributed by atoms with E-state index in [9.17, 15) is 24.8 Å². The predicted molar refractivity (Wildman–Crippen MR) is 117 cm³/mol. The molecule has 2 aromatic carbocycles. The third-order valence-electron chi connectivity index (χ3n) is 4.93. The molecule has 3 aromatic rings. The average Bonchev–Trinajstić information content (AvgIpc) is 2.76. The van der Waals surface area contributed by atoms with Crippen molar-refractivity contribution in [2.24, 2.45) is 0 Å². The SMILES string of the molecule is C=CCSc1n[n+]2c(c(=O)[nH]1)-c1ccccc1N(C(C)=O)C2c1ccc(O)c([N+](=O)[O-])c1. The van der Waals surface area contributed by atoms with Gasteiger partial charge < -0.3 is 5.11 Å². The first-order valence-electron chi connectivity index (χ1n) is 9.49. The highest BCUT2D eigenvalue weighted by molar-refractivity contribution is 7.99. The summed E-state index contributed by atoms with van der Waals surface area (Å²) >= 11 is 1.25. The van der Waals surface area contributed by atoms with E-state index in [4.69, 9.17) is 0 Å². The standard InChI is InChI=1S/C21H17N5O5S/c1-3-10-32-21-22-19(29)18-14-6-4-5-7-15(14)24(12(2)27)20(25(18)23-21)13-8-9-17(28)16(11-13)26(30)31/h3-9,11,20H,1,10H2,2H3,(H-,22,23,28,29)/p+1. The topological polar surface area (TPSA) is 133 Å². The van der Waals surface area contributed by atoms with Crippen molar-refractivity contribution in [1.29, 1.82) is 0 Å². The summed E-state index contributed by atoms with van der Waals surface area (Å²) in [7, 11) is 0. The van der Waals surface area contributed by atoms with E-state index in [1.54, 1.807) is 30.3 Å². The van der Waals surface area contributed by atoms with Crippen molar-refractivity contribution in [3.05, 3.63) is 81.2 Å². The molecule has 0 fully saturated rings. The number of carbonyl (C=O) groups is 1.